The van der Waals surface area contributed by atoms with Crippen LogP contribution in [-0.2, 0) is 4.79 Å². The normalized spacial score (nSPS) is 21.6. The summed E-state index contributed by atoms with van der Waals surface area (Å²) in [5.41, 5.74) is 6.87. The Morgan fingerprint density at radius 1 is 1.59 bits per heavy atom. The molecular formula is C13H17BrN2O. The molecule has 1 aliphatic rings. The van der Waals surface area contributed by atoms with Gasteiger partial charge in [0.05, 0.1) is 12.1 Å². The number of nitrogens with two attached hydrogens (primary N) is 1. The number of halogens is 1. The first-order chi connectivity index (χ1) is 8.09. The zero-order valence-corrected chi connectivity index (χ0v) is 11.5. The first-order valence-corrected chi connectivity index (χ1v) is 6.70. The van der Waals surface area contributed by atoms with Crippen LogP contribution in [0.25, 0.3) is 0 Å². The smallest absolute Gasteiger partial charge is 0.239 e. The summed E-state index contributed by atoms with van der Waals surface area (Å²) in [5, 5.41) is 0. The number of amides is 1. The Morgan fingerprint density at radius 3 is 3.00 bits per heavy atom. The second kappa shape index (κ2) is 5.19. The molecule has 1 aromatic rings. The number of benzene rings is 1. The lowest BCUT2D eigenvalue weighted by atomic mass is 10.0. The third kappa shape index (κ3) is 2.69. The summed E-state index contributed by atoms with van der Waals surface area (Å²) in [4.78, 5) is 13.9. The molecule has 1 unspecified atom stereocenters. The van der Waals surface area contributed by atoms with Crippen molar-refractivity contribution in [2.45, 2.75) is 31.8 Å². The minimum atomic E-state index is -0.414. The monoisotopic (exact) mass is 296 g/mol. The molecule has 1 aliphatic heterocycles. The summed E-state index contributed by atoms with van der Waals surface area (Å²) in [6, 6.07) is 7.93. The number of carbonyl (C=O) groups excluding carboxylic acids is 1. The molecule has 0 spiro atoms. The second-order valence-electron chi connectivity index (χ2n) is 4.53. The molecule has 4 heteroatoms. The molecule has 1 saturated heterocycles. The summed E-state index contributed by atoms with van der Waals surface area (Å²) < 4.78 is 1.05. The number of rotatable bonds is 2. The molecule has 0 radical (unpaired) electrons. The molecule has 0 aliphatic carbocycles. The molecule has 1 fully saturated rings. The maximum Gasteiger partial charge on any atom is 0.239 e. The topological polar surface area (TPSA) is 46.3 Å². The van der Waals surface area contributed by atoms with Gasteiger partial charge < -0.3 is 10.6 Å². The van der Waals surface area contributed by atoms with Crippen LogP contribution in [0.1, 0.15) is 31.4 Å². The van der Waals surface area contributed by atoms with E-state index in [0.29, 0.717) is 0 Å². The highest BCUT2D eigenvalue weighted by molar-refractivity contribution is 9.10. The molecule has 17 heavy (non-hydrogen) atoms. The molecule has 0 aromatic heterocycles. The van der Waals surface area contributed by atoms with Gasteiger partial charge in [0.2, 0.25) is 5.91 Å². The molecular weight excluding hydrogens is 280 g/mol. The highest BCUT2D eigenvalue weighted by Crippen LogP contribution is 2.33. The zero-order valence-electron chi connectivity index (χ0n) is 9.90. The summed E-state index contributed by atoms with van der Waals surface area (Å²) in [5.74, 6) is 0.0486. The number of nitrogens with zero attached hydrogens (tertiary/aromatic N) is 1. The van der Waals surface area contributed by atoms with E-state index in [1.165, 1.54) is 5.56 Å². The van der Waals surface area contributed by atoms with Crippen LogP contribution in [0.2, 0.25) is 0 Å². The Balaban J connectivity index is 2.23. The largest absolute Gasteiger partial charge is 0.334 e. The van der Waals surface area contributed by atoms with Gasteiger partial charge in [-0.1, -0.05) is 28.1 Å². The Labute approximate surface area is 110 Å². The van der Waals surface area contributed by atoms with Crippen LogP contribution in [0.15, 0.2) is 28.7 Å². The molecule has 0 saturated carbocycles. The van der Waals surface area contributed by atoms with Gasteiger partial charge in [-0.3, -0.25) is 4.79 Å². The average Bonchev–Trinajstić information content (AvgIpc) is 2.76. The van der Waals surface area contributed by atoms with Gasteiger partial charge in [-0.05, 0) is 37.5 Å². The quantitative estimate of drug-likeness (QED) is 0.911. The maximum atomic E-state index is 12.0. The second-order valence-corrected chi connectivity index (χ2v) is 5.45. The number of hydrogen-bond donors (Lipinski definition) is 1. The maximum absolute atomic E-state index is 12.0. The van der Waals surface area contributed by atoms with Crippen molar-refractivity contribution in [1.82, 2.24) is 4.90 Å². The van der Waals surface area contributed by atoms with E-state index in [1.54, 1.807) is 6.92 Å². The Morgan fingerprint density at radius 2 is 2.35 bits per heavy atom. The van der Waals surface area contributed by atoms with E-state index in [-0.39, 0.29) is 11.9 Å². The molecule has 92 valence electrons. The zero-order chi connectivity index (χ0) is 12.4. The van der Waals surface area contributed by atoms with Gasteiger partial charge in [-0.2, -0.15) is 0 Å². The minimum absolute atomic E-state index is 0.0486. The summed E-state index contributed by atoms with van der Waals surface area (Å²) in [7, 11) is 0. The van der Waals surface area contributed by atoms with Gasteiger partial charge >= 0.3 is 0 Å². The Kier molecular flexibility index (Phi) is 3.84. The van der Waals surface area contributed by atoms with Gasteiger partial charge in [0, 0.05) is 11.0 Å². The van der Waals surface area contributed by atoms with Crippen molar-refractivity contribution in [3.05, 3.63) is 34.3 Å². The van der Waals surface area contributed by atoms with Crippen molar-refractivity contribution in [3.8, 4) is 0 Å². The van der Waals surface area contributed by atoms with Crippen LogP contribution in [0.3, 0.4) is 0 Å². The lowest BCUT2D eigenvalue weighted by Crippen LogP contribution is -2.41. The molecule has 1 amide bonds. The minimum Gasteiger partial charge on any atom is -0.334 e. The van der Waals surface area contributed by atoms with Gasteiger partial charge in [0.1, 0.15) is 0 Å². The summed E-state index contributed by atoms with van der Waals surface area (Å²) in [6.07, 6.45) is 2.07. The summed E-state index contributed by atoms with van der Waals surface area (Å²) >= 11 is 3.47. The van der Waals surface area contributed by atoms with Crippen LogP contribution >= 0.6 is 15.9 Å². The predicted octanol–water partition coefficient (Wildman–Crippen LogP) is 2.46. The van der Waals surface area contributed by atoms with Gasteiger partial charge in [0.15, 0.2) is 0 Å². The first kappa shape index (κ1) is 12.6. The van der Waals surface area contributed by atoms with E-state index in [0.717, 1.165) is 23.9 Å². The fourth-order valence-corrected chi connectivity index (χ4v) is 2.77. The SMILES string of the molecule is C[C@H](N)C(=O)N1CCCC1c1cccc(Br)c1. The van der Waals surface area contributed by atoms with Crippen LogP contribution in [0.4, 0.5) is 0 Å². The van der Waals surface area contributed by atoms with Crippen LogP contribution in [0.5, 0.6) is 0 Å². The fraction of sp³-hybridized carbons (Fsp3) is 0.462. The number of hydrogen-bond acceptors (Lipinski definition) is 2. The van der Waals surface area contributed by atoms with Crippen molar-refractivity contribution in [2.75, 3.05) is 6.54 Å². The van der Waals surface area contributed by atoms with Crippen molar-refractivity contribution >= 4 is 21.8 Å². The molecule has 2 N–H and O–H groups in total. The standard InChI is InChI=1S/C13H17BrN2O/c1-9(15)13(17)16-7-3-6-12(16)10-4-2-5-11(14)8-10/h2,4-5,8-9,12H,3,6-7,15H2,1H3/t9-,12?/m0/s1. The highest BCUT2D eigenvalue weighted by Gasteiger charge is 2.31. The molecule has 1 aromatic carbocycles. The van der Waals surface area contributed by atoms with Crippen molar-refractivity contribution < 1.29 is 4.79 Å². The average molecular weight is 297 g/mol. The molecule has 2 atom stereocenters. The van der Waals surface area contributed by atoms with Gasteiger partial charge in [-0.25, -0.2) is 0 Å². The molecule has 3 nitrogen and oxygen atoms in total. The van der Waals surface area contributed by atoms with Crippen LogP contribution in [-0.4, -0.2) is 23.4 Å². The van der Waals surface area contributed by atoms with E-state index in [4.69, 9.17) is 5.73 Å². The van der Waals surface area contributed by atoms with E-state index in [2.05, 4.69) is 28.1 Å². The lowest BCUT2D eigenvalue weighted by Gasteiger charge is -2.26. The molecule has 0 bridgehead atoms. The highest BCUT2D eigenvalue weighted by atomic mass is 79.9. The third-order valence-corrected chi connectivity index (χ3v) is 3.65. The number of likely N-dealkylation sites (tertiary alicyclic amines) is 1. The summed E-state index contributed by atoms with van der Waals surface area (Å²) in [6.45, 7) is 2.57. The van der Waals surface area contributed by atoms with Crippen molar-refractivity contribution in [2.24, 2.45) is 5.73 Å². The Bertz CT molecular complexity index is 420. The van der Waals surface area contributed by atoms with E-state index in [9.17, 15) is 4.79 Å². The van der Waals surface area contributed by atoms with Gasteiger partial charge in [-0.15, -0.1) is 0 Å². The fourth-order valence-electron chi connectivity index (χ4n) is 2.35. The number of carbonyl (C=O) groups is 1. The van der Waals surface area contributed by atoms with Gasteiger partial charge in [0.25, 0.3) is 0 Å². The van der Waals surface area contributed by atoms with E-state index >= 15 is 0 Å². The van der Waals surface area contributed by atoms with Crippen LogP contribution in [0, 0.1) is 0 Å². The third-order valence-electron chi connectivity index (χ3n) is 3.16. The van der Waals surface area contributed by atoms with E-state index in [1.807, 2.05) is 17.0 Å². The molecule has 1 heterocycles. The lowest BCUT2D eigenvalue weighted by molar-refractivity contribution is -0.133. The van der Waals surface area contributed by atoms with Crippen molar-refractivity contribution in [3.63, 3.8) is 0 Å². The Hall–Kier alpha value is -0.870. The first-order valence-electron chi connectivity index (χ1n) is 5.91. The predicted molar refractivity (Wildman–Crippen MR) is 71.5 cm³/mol. The van der Waals surface area contributed by atoms with Crippen molar-refractivity contribution in [1.29, 1.82) is 0 Å². The van der Waals surface area contributed by atoms with E-state index < -0.39 is 6.04 Å². The molecule has 2 rings (SSSR count). The van der Waals surface area contributed by atoms with Crippen LogP contribution < -0.4 is 5.73 Å².